The maximum absolute atomic E-state index is 11.8. The van der Waals surface area contributed by atoms with Crippen molar-refractivity contribution in [1.29, 1.82) is 0 Å². The molecule has 1 saturated heterocycles. The zero-order valence-corrected chi connectivity index (χ0v) is 8.95. The van der Waals surface area contributed by atoms with Crippen LogP contribution in [0.2, 0.25) is 0 Å². The molecule has 0 spiro atoms. The number of hydrogen-bond donors (Lipinski definition) is 1. The van der Waals surface area contributed by atoms with Crippen LogP contribution in [0, 0.1) is 11.3 Å². The quantitative estimate of drug-likeness (QED) is 0.584. The van der Waals surface area contributed by atoms with E-state index in [1.807, 2.05) is 20.8 Å². The Labute approximate surface area is 87.7 Å². The molecule has 4 radical (unpaired) electrons. The van der Waals surface area contributed by atoms with Crippen LogP contribution in [0.15, 0.2) is 0 Å². The Morgan fingerprint density at radius 2 is 1.93 bits per heavy atom. The first-order chi connectivity index (χ1) is 6.14. The first kappa shape index (κ1) is 11.6. The number of nitrogens with zero attached hydrogens (tertiary/aromatic N) is 1. The smallest absolute Gasteiger partial charge is 0.227 e. The summed E-state index contributed by atoms with van der Waals surface area (Å²) >= 11 is 0. The van der Waals surface area contributed by atoms with E-state index in [0.717, 1.165) is 4.90 Å². The van der Waals surface area contributed by atoms with Crippen LogP contribution >= 0.6 is 0 Å². The molecule has 0 aromatic rings. The zero-order chi connectivity index (χ0) is 11.1. The van der Waals surface area contributed by atoms with E-state index in [0.29, 0.717) is 13.0 Å². The molecule has 1 fully saturated rings. The van der Waals surface area contributed by atoms with E-state index in [4.69, 9.17) is 15.7 Å². The monoisotopic (exact) mass is 191 g/mol. The molecule has 3 nitrogen and oxygen atoms in total. The number of carbonyl (C=O) groups excluding carboxylic acids is 1. The normalized spacial score (nSPS) is 24.4. The minimum Gasteiger partial charge on any atom is -0.390 e. The molecule has 1 aliphatic rings. The Bertz CT molecular complexity index is 218. The summed E-state index contributed by atoms with van der Waals surface area (Å²) in [4.78, 5) is 12.9. The molecule has 0 saturated carbocycles. The second kappa shape index (κ2) is 3.30. The minimum atomic E-state index is -2.02. The van der Waals surface area contributed by atoms with Gasteiger partial charge in [-0.2, -0.15) is 0 Å². The van der Waals surface area contributed by atoms with E-state index in [2.05, 4.69) is 0 Å². The second-order valence-electron chi connectivity index (χ2n) is 4.98. The lowest BCUT2D eigenvalue weighted by atomic mass is 9.71. The summed E-state index contributed by atoms with van der Waals surface area (Å²) < 4.78 is 0. The van der Waals surface area contributed by atoms with Gasteiger partial charge in [0.15, 0.2) is 0 Å². The van der Waals surface area contributed by atoms with E-state index >= 15 is 0 Å². The van der Waals surface area contributed by atoms with Gasteiger partial charge in [0.1, 0.15) is 15.7 Å². The molecule has 0 bridgehead atoms. The van der Waals surface area contributed by atoms with Gasteiger partial charge in [-0.25, -0.2) is 0 Å². The fourth-order valence-corrected chi connectivity index (χ4v) is 1.84. The molecule has 1 rings (SSSR count). The van der Waals surface area contributed by atoms with Crippen LogP contribution in [0.1, 0.15) is 27.2 Å². The highest BCUT2D eigenvalue weighted by molar-refractivity contribution is 6.39. The fourth-order valence-electron chi connectivity index (χ4n) is 1.84. The predicted molar refractivity (Wildman–Crippen MR) is 55.7 cm³/mol. The van der Waals surface area contributed by atoms with Crippen LogP contribution in [0.3, 0.4) is 0 Å². The molecule has 0 aromatic carbocycles. The Morgan fingerprint density at radius 3 is 2.14 bits per heavy atom. The zero-order valence-electron chi connectivity index (χ0n) is 8.95. The number of likely N-dealkylation sites (tertiary alicyclic amines) is 1. The largest absolute Gasteiger partial charge is 0.390 e. The van der Waals surface area contributed by atoms with E-state index in [-0.39, 0.29) is 17.2 Å². The molecule has 0 aromatic heterocycles. The Balaban J connectivity index is 2.80. The highest BCUT2D eigenvalue weighted by atomic mass is 16.3. The van der Waals surface area contributed by atoms with Crippen molar-refractivity contribution in [2.45, 2.75) is 32.7 Å². The topological polar surface area (TPSA) is 40.5 Å². The molecular formula is C9H15B2NO2. The summed E-state index contributed by atoms with van der Waals surface area (Å²) in [6.45, 7) is 6.39. The van der Waals surface area contributed by atoms with Crippen molar-refractivity contribution < 1.29 is 9.90 Å². The summed E-state index contributed by atoms with van der Waals surface area (Å²) in [5.74, 6) is -0.272. The van der Waals surface area contributed by atoms with E-state index < -0.39 is 5.52 Å². The van der Waals surface area contributed by atoms with Crippen LogP contribution in [-0.2, 0) is 4.79 Å². The highest BCUT2D eigenvalue weighted by Gasteiger charge is 2.43. The van der Waals surface area contributed by atoms with Gasteiger partial charge >= 0.3 is 0 Å². The van der Waals surface area contributed by atoms with Gasteiger partial charge in [0.05, 0.1) is 5.52 Å². The molecule has 0 aliphatic carbocycles. The van der Waals surface area contributed by atoms with E-state index in [1.54, 1.807) is 0 Å². The average Bonchev–Trinajstić information content (AvgIpc) is 2.26. The van der Waals surface area contributed by atoms with Crippen molar-refractivity contribution >= 4 is 21.6 Å². The first-order valence-corrected chi connectivity index (χ1v) is 4.75. The molecule has 0 unspecified atom stereocenters. The van der Waals surface area contributed by atoms with Crippen molar-refractivity contribution in [1.82, 2.24) is 4.90 Å². The molecule has 1 N–H and O–H groups in total. The SMILES string of the molecule is [B]C([B])(O)N1CC[C@H](C(C)(C)C)C1=O. The summed E-state index contributed by atoms with van der Waals surface area (Å²) in [5, 5.41) is 9.33. The fraction of sp³-hybridized carbons (Fsp3) is 0.889. The molecule has 14 heavy (non-hydrogen) atoms. The average molecular weight is 191 g/mol. The summed E-state index contributed by atoms with van der Waals surface area (Å²) in [7, 11) is 10.6. The van der Waals surface area contributed by atoms with Crippen LogP contribution in [-0.4, -0.2) is 43.7 Å². The predicted octanol–water partition coefficient (Wildman–Crippen LogP) is -0.178. The Hall–Kier alpha value is -0.440. The van der Waals surface area contributed by atoms with Crippen LogP contribution in [0.25, 0.3) is 0 Å². The number of carbonyl (C=O) groups is 1. The van der Waals surface area contributed by atoms with Crippen molar-refractivity contribution in [3.05, 3.63) is 0 Å². The van der Waals surface area contributed by atoms with Crippen molar-refractivity contribution in [3.63, 3.8) is 0 Å². The Morgan fingerprint density at radius 1 is 1.43 bits per heavy atom. The molecule has 1 heterocycles. The minimum absolute atomic E-state index is 0.110. The third-order valence-electron chi connectivity index (χ3n) is 2.68. The summed E-state index contributed by atoms with van der Waals surface area (Å²) in [5.41, 5.74) is -2.13. The first-order valence-electron chi connectivity index (χ1n) is 4.75. The second-order valence-corrected chi connectivity index (χ2v) is 4.98. The summed E-state index contributed by atoms with van der Waals surface area (Å²) in [6.07, 6.45) is 0.693. The van der Waals surface area contributed by atoms with Crippen LogP contribution < -0.4 is 0 Å². The summed E-state index contributed by atoms with van der Waals surface area (Å²) in [6, 6.07) is 0. The van der Waals surface area contributed by atoms with Crippen molar-refractivity contribution in [2.75, 3.05) is 6.54 Å². The highest BCUT2D eigenvalue weighted by Crippen LogP contribution is 2.35. The van der Waals surface area contributed by atoms with E-state index in [9.17, 15) is 9.90 Å². The van der Waals surface area contributed by atoms with E-state index in [1.165, 1.54) is 0 Å². The Kier molecular flexibility index (Phi) is 2.74. The standard InChI is InChI=1S/C9H15B2NO2/c1-8(2,3)6-4-5-12(7(6)13)9(10,11)14/h6,14H,4-5H2,1-3H3/t6-/m0/s1. The maximum Gasteiger partial charge on any atom is 0.227 e. The number of hydrogen-bond acceptors (Lipinski definition) is 2. The molecule has 5 heteroatoms. The van der Waals surface area contributed by atoms with Gasteiger partial charge in [-0.15, -0.1) is 0 Å². The van der Waals surface area contributed by atoms with Gasteiger partial charge in [0, 0.05) is 12.5 Å². The lowest BCUT2D eigenvalue weighted by Gasteiger charge is -2.33. The van der Waals surface area contributed by atoms with Gasteiger partial charge < -0.3 is 10.0 Å². The van der Waals surface area contributed by atoms with Crippen molar-refractivity contribution in [2.24, 2.45) is 11.3 Å². The third-order valence-corrected chi connectivity index (χ3v) is 2.68. The van der Waals surface area contributed by atoms with Gasteiger partial charge in [0.25, 0.3) is 0 Å². The third kappa shape index (κ3) is 2.14. The van der Waals surface area contributed by atoms with Gasteiger partial charge in [-0.05, 0) is 11.8 Å². The lowest BCUT2D eigenvalue weighted by Crippen LogP contribution is -2.51. The molecule has 1 aliphatic heterocycles. The molecular weight excluding hydrogens is 176 g/mol. The molecule has 1 amide bonds. The maximum atomic E-state index is 11.8. The van der Waals surface area contributed by atoms with Gasteiger partial charge in [-0.1, -0.05) is 20.8 Å². The lowest BCUT2D eigenvalue weighted by molar-refractivity contribution is -0.140. The molecule has 74 valence electrons. The number of amides is 1. The van der Waals surface area contributed by atoms with Crippen LogP contribution in [0.4, 0.5) is 0 Å². The van der Waals surface area contributed by atoms with Crippen LogP contribution in [0.5, 0.6) is 0 Å². The number of rotatable bonds is 1. The number of aliphatic hydroxyl groups is 1. The van der Waals surface area contributed by atoms with Gasteiger partial charge in [-0.3, -0.25) is 4.79 Å². The molecule has 1 atom stereocenters. The van der Waals surface area contributed by atoms with Gasteiger partial charge in [0.2, 0.25) is 5.91 Å². The van der Waals surface area contributed by atoms with Crippen molar-refractivity contribution in [3.8, 4) is 0 Å².